The van der Waals surface area contributed by atoms with Crippen molar-refractivity contribution < 1.29 is 14.3 Å². The molecule has 0 saturated heterocycles. The minimum Gasteiger partial charge on any atom is -0.493 e. The minimum atomic E-state index is -0.190. The third kappa shape index (κ3) is 3.83. The lowest BCUT2D eigenvalue weighted by Gasteiger charge is -2.10. The standard InChI is InChI=1S/C17H21N3O3/c1-22-14-8-4-5-9-15(14)23-11-17(21)18-10-16-19-12-6-2-3-7-13(12)20-16/h4-5,8-9H,2-3,6-7,10-11H2,1H3,(H,18,21)(H,19,20). The first-order chi connectivity index (χ1) is 11.3. The Bertz CT molecular complexity index is 658. The van der Waals surface area contributed by atoms with E-state index in [1.165, 1.54) is 18.5 Å². The van der Waals surface area contributed by atoms with Crippen LogP contribution in [0.5, 0.6) is 11.5 Å². The predicted molar refractivity (Wildman–Crippen MR) is 85.6 cm³/mol. The van der Waals surface area contributed by atoms with Crippen molar-refractivity contribution in [2.24, 2.45) is 0 Å². The van der Waals surface area contributed by atoms with Crippen LogP contribution in [0.4, 0.5) is 0 Å². The van der Waals surface area contributed by atoms with E-state index in [-0.39, 0.29) is 12.5 Å². The van der Waals surface area contributed by atoms with Crippen molar-refractivity contribution in [3.05, 3.63) is 41.5 Å². The van der Waals surface area contributed by atoms with Crippen molar-refractivity contribution in [2.45, 2.75) is 32.2 Å². The van der Waals surface area contributed by atoms with Crippen LogP contribution >= 0.6 is 0 Å². The van der Waals surface area contributed by atoms with Gasteiger partial charge in [0.25, 0.3) is 5.91 Å². The van der Waals surface area contributed by atoms with E-state index in [2.05, 4.69) is 15.3 Å². The summed E-state index contributed by atoms with van der Waals surface area (Å²) in [7, 11) is 1.57. The number of aromatic nitrogens is 2. The molecule has 23 heavy (non-hydrogen) atoms. The Labute approximate surface area is 135 Å². The van der Waals surface area contributed by atoms with E-state index in [4.69, 9.17) is 9.47 Å². The first-order valence-electron chi connectivity index (χ1n) is 7.85. The largest absolute Gasteiger partial charge is 0.493 e. The number of methoxy groups -OCH3 is 1. The topological polar surface area (TPSA) is 76.2 Å². The normalized spacial score (nSPS) is 13.3. The molecule has 1 aliphatic carbocycles. The Morgan fingerprint density at radius 1 is 1.26 bits per heavy atom. The van der Waals surface area contributed by atoms with Gasteiger partial charge in [-0.25, -0.2) is 4.98 Å². The summed E-state index contributed by atoms with van der Waals surface area (Å²) in [6.07, 6.45) is 4.47. The summed E-state index contributed by atoms with van der Waals surface area (Å²) in [4.78, 5) is 19.7. The third-order valence-corrected chi connectivity index (χ3v) is 3.88. The van der Waals surface area contributed by atoms with Gasteiger partial charge in [-0.3, -0.25) is 4.79 Å². The molecule has 1 aliphatic rings. The monoisotopic (exact) mass is 315 g/mol. The van der Waals surface area contributed by atoms with Gasteiger partial charge in [-0.1, -0.05) is 12.1 Å². The van der Waals surface area contributed by atoms with E-state index in [1.54, 1.807) is 19.2 Å². The summed E-state index contributed by atoms with van der Waals surface area (Å²) in [5.41, 5.74) is 2.36. The molecule has 1 amide bonds. The molecule has 0 spiro atoms. The van der Waals surface area contributed by atoms with Crippen molar-refractivity contribution in [1.29, 1.82) is 0 Å². The number of H-pyrrole nitrogens is 1. The average Bonchev–Trinajstić information content (AvgIpc) is 3.01. The smallest absolute Gasteiger partial charge is 0.258 e. The Hall–Kier alpha value is -2.50. The van der Waals surface area contributed by atoms with Crippen LogP contribution in [0.25, 0.3) is 0 Å². The number of fused-ring (bicyclic) bond motifs is 1. The van der Waals surface area contributed by atoms with Gasteiger partial charge in [0.15, 0.2) is 18.1 Å². The molecule has 0 unspecified atom stereocenters. The van der Waals surface area contributed by atoms with Gasteiger partial charge >= 0.3 is 0 Å². The van der Waals surface area contributed by atoms with Gasteiger partial charge in [0.05, 0.1) is 19.3 Å². The molecule has 1 aromatic carbocycles. The van der Waals surface area contributed by atoms with Crippen molar-refractivity contribution in [1.82, 2.24) is 15.3 Å². The van der Waals surface area contributed by atoms with Crippen LogP contribution in [0.2, 0.25) is 0 Å². The zero-order chi connectivity index (χ0) is 16.1. The molecule has 0 fully saturated rings. The van der Waals surface area contributed by atoms with Gasteiger partial charge in [0.2, 0.25) is 0 Å². The number of carbonyl (C=O) groups excluding carboxylic acids is 1. The highest BCUT2D eigenvalue weighted by Crippen LogP contribution is 2.25. The van der Waals surface area contributed by atoms with Crippen LogP contribution in [0.1, 0.15) is 30.1 Å². The number of rotatable bonds is 6. The van der Waals surface area contributed by atoms with Crippen molar-refractivity contribution in [2.75, 3.05) is 13.7 Å². The maximum absolute atomic E-state index is 11.9. The second-order valence-corrected chi connectivity index (χ2v) is 5.53. The molecular formula is C17H21N3O3. The van der Waals surface area contributed by atoms with Crippen molar-refractivity contribution in [3.8, 4) is 11.5 Å². The molecule has 2 aromatic rings. The van der Waals surface area contributed by atoms with E-state index in [0.29, 0.717) is 18.0 Å². The van der Waals surface area contributed by atoms with E-state index < -0.39 is 0 Å². The third-order valence-electron chi connectivity index (χ3n) is 3.88. The first kappa shape index (κ1) is 15.4. The number of hydrogen-bond donors (Lipinski definition) is 2. The van der Waals surface area contributed by atoms with Crippen molar-refractivity contribution in [3.63, 3.8) is 0 Å². The number of benzene rings is 1. The van der Waals surface area contributed by atoms with Crippen LogP contribution in [-0.2, 0) is 24.2 Å². The van der Waals surface area contributed by atoms with E-state index >= 15 is 0 Å². The molecule has 0 bridgehead atoms. The van der Waals surface area contributed by atoms with Gasteiger partial charge in [-0.15, -0.1) is 0 Å². The summed E-state index contributed by atoms with van der Waals surface area (Å²) >= 11 is 0. The fraction of sp³-hybridized carbons (Fsp3) is 0.412. The molecule has 6 heteroatoms. The second-order valence-electron chi connectivity index (χ2n) is 5.53. The number of amides is 1. The van der Waals surface area contributed by atoms with Gasteiger partial charge in [0, 0.05) is 5.69 Å². The lowest BCUT2D eigenvalue weighted by molar-refractivity contribution is -0.123. The molecule has 2 N–H and O–H groups in total. The van der Waals surface area contributed by atoms with E-state index in [0.717, 1.165) is 24.4 Å². The molecule has 6 nitrogen and oxygen atoms in total. The molecule has 3 rings (SSSR count). The van der Waals surface area contributed by atoms with Gasteiger partial charge in [0.1, 0.15) is 5.82 Å². The summed E-state index contributed by atoms with van der Waals surface area (Å²) in [6.45, 7) is 0.335. The Morgan fingerprint density at radius 3 is 2.83 bits per heavy atom. The van der Waals surface area contributed by atoms with Crippen LogP contribution in [0.15, 0.2) is 24.3 Å². The van der Waals surface area contributed by atoms with Crippen LogP contribution in [0, 0.1) is 0 Å². The second kappa shape index (κ2) is 7.17. The van der Waals surface area contributed by atoms with Crippen LogP contribution < -0.4 is 14.8 Å². The highest BCUT2D eigenvalue weighted by atomic mass is 16.5. The zero-order valence-corrected chi connectivity index (χ0v) is 13.2. The maximum atomic E-state index is 11.9. The quantitative estimate of drug-likeness (QED) is 0.855. The van der Waals surface area contributed by atoms with E-state index in [9.17, 15) is 4.79 Å². The molecule has 122 valence electrons. The molecular weight excluding hydrogens is 294 g/mol. The van der Waals surface area contributed by atoms with Gasteiger partial charge in [-0.2, -0.15) is 0 Å². The number of nitrogens with one attached hydrogen (secondary N) is 2. The minimum absolute atomic E-state index is 0.0548. The summed E-state index contributed by atoms with van der Waals surface area (Å²) in [5, 5.41) is 2.82. The SMILES string of the molecule is COc1ccccc1OCC(=O)NCc1nc2c([nH]1)CCCC2. The highest BCUT2D eigenvalue weighted by Gasteiger charge is 2.14. The average molecular weight is 315 g/mol. The van der Waals surface area contributed by atoms with Crippen LogP contribution in [-0.4, -0.2) is 29.6 Å². The number of ether oxygens (including phenoxy) is 2. The molecule has 1 heterocycles. The summed E-state index contributed by atoms with van der Waals surface area (Å²) in [5.74, 6) is 1.78. The van der Waals surface area contributed by atoms with Gasteiger partial charge in [-0.05, 0) is 37.8 Å². The Morgan fingerprint density at radius 2 is 2.04 bits per heavy atom. The molecule has 0 radical (unpaired) electrons. The summed E-state index contributed by atoms with van der Waals surface area (Å²) in [6, 6.07) is 7.25. The highest BCUT2D eigenvalue weighted by molar-refractivity contribution is 5.77. The number of carbonyl (C=O) groups is 1. The molecule has 1 aromatic heterocycles. The zero-order valence-electron chi connectivity index (χ0n) is 13.2. The molecule has 0 atom stereocenters. The fourth-order valence-corrected chi connectivity index (χ4v) is 2.71. The number of hydrogen-bond acceptors (Lipinski definition) is 4. The maximum Gasteiger partial charge on any atom is 0.258 e. The first-order valence-corrected chi connectivity index (χ1v) is 7.85. The Kier molecular flexibility index (Phi) is 4.80. The number of aryl methyl sites for hydroxylation is 2. The van der Waals surface area contributed by atoms with E-state index in [1.807, 2.05) is 12.1 Å². The lowest BCUT2D eigenvalue weighted by Crippen LogP contribution is -2.28. The summed E-state index contributed by atoms with van der Waals surface area (Å²) < 4.78 is 10.7. The number of imidazole rings is 1. The lowest BCUT2D eigenvalue weighted by atomic mass is 10.0. The number of aromatic amines is 1. The van der Waals surface area contributed by atoms with Crippen molar-refractivity contribution >= 4 is 5.91 Å². The van der Waals surface area contributed by atoms with Gasteiger partial charge < -0.3 is 19.8 Å². The predicted octanol–water partition coefficient (Wildman–Crippen LogP) is 1.99. The number of para-hydroxylation sites is 2. The number of nitrogens with zero attached hydrogens (tertiary/aromatic N) is 1. The Balaban J connectivity index is 1.49. The molecule has 0 saturated carbocycles. The fourth-order valence-electron chi connectivity index (χ4n) is 2.71. The van der Waals surface area contributed by atoms with Crippen LogP contribution in [0.3, 0.4) is 0 Å². The molecule has 0 aliphatic heterocycles.